The summed E-state index contributed by atoms with van der Waals surface area (Å²) in [6.45, 7) is 0.639. The van der Waals surface area contributed by atoms with Crippen molar-refractivity contribution >= 4 is 43.4 Å². The van der Waals surface area contributed by atoms with Crippen molar-refractivity contribution in [3.8, 4) is 0 Å². The van der Waals surface area contributed by atoms with Crippen molar-refractivity contribution in [3.05, 3.63) is 34.9 Å². The average Bonchev–Trinajstić information content (AvgIpc) is 2.60. The van der Waals surface area contributed by atoms with Crippen molar-refractivity contribution in [2.75, 3.05) is 30.3 Å². The molecule has 1 aromatic heterocycles. The van der Waals surface area contributed by atoms with Crippen LogP contribution in [0.5, 0.6) is 0 Å². The fourth-order valence-electron chi connectivity index (χ4n) is 2.40. The summed E-state index contributed by atoms with van der Waals surface area (Å²) in [4.78, 5) is 8.73. The van der Waals surface area contributed by atoms with Gasteiger partial charge in [-0.1, -0.05) is 6.07 Å². The van der Waals surface area contributed by atoms with E-state index in [9.17, 15) is 13.5 Å². The largest absolute Gasteiger partial charge is 0.396 e. The van der Waals surface area contributed by atoms with Crippen LogP contribution < -0.4 is 15.4 Å². The van der Waals surface area contributed by atoms with E-state index in [0.717, 1.165) is 0 Å². The van der Waals surface area contributed by atoms with Crippen molar-refractivity contribution < 1.29 is 13.5 Å². The quantitative estimate of drug-likeness (QED) is 0.546. The summed E-state index contributed by atoms with van der Waals surface area (Å²) < 4.78 is 28.1. The Bertz CT molecular complexity index is 862. The van der Waals surface area contributed by atoms with Crippen LogP contribution >= 0.6 is 15.9 Å². The standard InChI is InChI=1S/C15H18BrN5O3S/c16-13-8-18-15-20-11-2-1-3-12(6-11)25(23,24)19-5-4-10(9-22)7-17-14(13)21-15/h1-3,6,8,10,19,22H,4-5,7,9H2,(H2,17,18,20,21). The first-order chi connectivity index (χ1) is 12.0. The molecule has 8 nitrogen and oxygen atoms in total. The third kappa shape index (κ3) is 4.46. The summed E-state index contributed by atoms with van der Waals surface area (Å²) in [6.07, 6.45) is 2.11. The van der Waals surface area contributed by atoms with Crippen LogP contribution in [-0.4, -0.2) is 43.2 Å². The van der Waals surface area contributed by atoms with Crippen molar-refractivity contribution in [1.29, 1.82) is 0 Å². The number of fused-ring (bicyclic) bond motifs is 4. The fraction of sp³-hybridized carbons (Fsp3) is 0.333. The summed E-state index contributed by atoms with van der Waals surface area (Å²) in [5.41, 5.74) is 0.571. The second-order valence-corrected chi connectivity index (χ2v) is 8.28. The number of aliphatic hydroxyl groups is 1. The number of hydrogen-bond donors (Lipinski definition) is 4. The zero-order valence-electron chi connectivity index (χ0n) is 13.2. The summed E-state index contributed by atoms with van der Waals surface area (Å²) in [5.74, 6) is 0.825. The van der Waals surface area contributed by atoms with Gasteiger partial charge in [0.1, 0.15) is 5.82 Å². The van der Waals surface area contributed by atoms with Crippen LogP contribution in [0.2, 0.25) is 0 Å². The number of nitrogens with one attached hydrogen (secondary N) is 3. The molecule has 1 unspecified atom stereocenters. The van der Waals surface area contributed by atoms with Gasteiger partial charge < -0.3 is 15.7 Å². The highest BCUT2D eigenvalue weighted by atomic mass is 79.9. The first-order valence-electron chi connectivity index (χ1n) is 7.72. The van der Waals surface area contributed by atoms with E-state index < -0.39 is 10.0 Å². The Labute approximate surface area is 154 Å². The van der Waals surface area contributed by atoms with Gasteiger partial charge in [0.25, 0.3) is 0 Å². The summed E-state index contributed by atoms with van der Waals surface area (Å²) >= 11 is 3.40. The van der Waals surface area contributed by atoms with Gasteiger partial charge in [0.2, 0.25) is 16.0 Å². The molecule has 2 aromatic rings. The molecule has 3 rings (SSSR count). The number of nitrogens with zero attached hydrogens (tertiary/aromatic N) is 2. The van der Waals surface area contributed by atoms with Gasteiger partial charge in [-0.3, -0.25) is 0 Å². The second-order valence-electron chi connectivity index (χ2n) is 5.66. The van der Waals surface area contributed by atoms with Gasteiger partial charge in [-0.2, -0.15) is 4.98 Å². The van der Waals surface area contributed by atoms with E-state index in [0.29, 0.717) is 34.9 Å². The van der Waals surface area contributed by atoms with Crippen LogP contribution in [0.1, 0.15) is 6.42 Å². The molecular formula is C15H18BrN5O3S. The number of aromatic nitrogens is 2. The molecule has 0 spiro atoms. The van der Waals surface area contributed by atoms with E-state index >= 15 is 0 Å². The number of hydrogen-bond acceptors (Lipinski definition) is 7. The Morgan fingerprint density at radius 2 is 2.20 bits per heavy atom. The number of anilines is 3. The smallest absolute Gasteiger partial charge is 0.240 e. The molecule has 4 bridgehead atoms. The molecule has 134 valence electrons. The molecule has 25 heavy (non-hydrogen) atoms. The zero-order chi connectivity index (χ0) is 17.9. The van der Waals surface area contributed by atoms with E-state index in [1.165, 1.54) is 12.1 Å². The molecule has 4 N–H and O–H groups in total. The van der Waals surface area contributed by atoms with E-state index in [1.54, 1.807) is 18.3 Å². The van der Waals surface area contributed by atoms with Crippen LogP contribution in [0.3, 0.4) is 0 Å². The van der Waals surface area contributed by atoms with Gasteiger partial charge in [-0.05, 0) is 40.5 Å². The number of rotatable bonds is 1. The molecule has 1 aliphatic heterocycles. The maximum Gasteiger partial charge on any atom is 0.240 e. The number of sulfonamides is 1. The minimum Gasteiger partial charge on any atom is -0.396 e. The molecule has 0 fully saturated rings. The van der Waals surface area contributed by atoms with Crippen LogP contribution in [0.15, 0.2) is 39.8 Å². The summed E-state index contributed by atoms with van der Waals surface area (Å²) in [6, 6.07) is 6.44. The highest BCUT2D eigenvalue weighted by Crippen LogP contribution is 2.24. The van der Waals surface area contributed by atoms with E-state index in [1.807, 2.05) is 0 Å². The van der Waals surface area contributed by atoms with E-state index in [2.05, 4.69) is 41.3 Å². The average molecular weight is 428 g/mol. The molecule has 0 amide bonds. The Morgan fingerprint density at radius 1 is 1.36 bits per heavy atom. The van der Waals surface area contributed by atoms with Gasteiger partial charge in [-0.15, -0.1) is 0 Å². The first kappa shape index (κ1) is 18.1. The highest BCUT2D eigenvalue weighted by molar-refractivity contribution is 9.10. The lowest BCUT2D eigenvalue weighted by Gasteiger charge is -2.18. The molecule has 0 aliphatic carbocycles. The Morgan fingerprint density at radius 3 is 3.00 bits per heavy atom. The Balaban J connectivity index is 1.99. The lowest BCUT2D eigenvalue weighted by molar-refractivity contribution is 0.226. The minimum absolute atomic E-state index is 0.0575. The third-order valence-corrected chi connectivity index (χ3v) is 5.84. The topological polar surface area (TPSA) is 116 Å². The van der Waals surface area contributed by atoms with Gasteiger partial charge in [0, 0.05) is 37.5 Å². The van der Waals surface area contributed by atoms with Crippen LogP contribution in [0.4, 0.5) is 17.5 Å². The maximum atomic E-state index is 12.4. The summed E-state index contributed by atoms with van der Waals surface area (Å²) in [5, 5.41) is 15.7. The van der Waals surface area contributed by atoms with Crippen molar-refractivity contribution in [2.45, 2.75) is 11.3 Å². The first-order valence-corrected chi connectivity index (χ1v) is 9.99. The lowest BCUT2D eigenvalue weighted by atomic mass is 10.1. The van der Waals surface area contributed by atoms with Crippen LogP contribution in [-0.2, 0) is 10.0 Å². The number of benzene rings is 1. The van der Waals surface area contributed by atoms with Crippen molar-refractivity contribution in [3.63, 3.8) is 0 Å². The molecule has 0 saturated carbocycles. The molecule has 0 radical (unpaired) electrons. The lowest BCUT2D eigenvalue weighted by Crippen LogP contribution is -2.29. The second kappa shape index (κ2) is 7.65. The number of halogens is 1. The maximum absolute atomic E-state index is 12.4. The van der Waals surface area contributed by atoms with E-state index in [4.69, 9.17) is 0 Å². The zero-order valence-corrected chi connectivity index (χ0v) is 15.6. The minimum atomic E-state index is -3.62. The number of aliphatic hydroxyl groups excluding tert-OH is 1. The van der Waals surface area contributed by atoms with Gasteiger partial charge in [0.15, 0.2) is 0 Å². The van der Waals surface area contributed by atoms with Crippen molar-refractivity contribution in [1.82, 2.24) is 14.7 Å². The third-order valence-electron chi connectivity index (χ3n) is 3.81. The van der Waals surface area contributed by atoms with Gasteiger partial charge in [-0.25, -0.2) is 18.1 Å². The SMILES string of the molecule is O=S1(=O)NCCC(CO)CNc2nc(ncc2Br)Nc2cccc1c2. The van der Waals surface area contributed by atoms with Crippen LogP contribution in [0.25, 0.3) is 0 Å². The van der Waals surface area contributed by atoms with E-state index in [-0.39, 0.29) is 24.0 Å². The van der Waals surface area contributed by atoms with Crippen molar-refractivity contribution in [2.24, 2.45) is 5.92 Å². The molecule has 2 heterocycles. The molecular weight excluding hydrogens is 410 g/mol. The molecule has 10 heteroatoms. The van der Waals surface area contributed by atoms with Gasteiger partial charge in [0.05, 0.1) is 9.37 Å². The highest BCUT2D eigenvalue weighted by Gasteiger charge is 2.17. The molecule has 1 aliphatic rings. The Kier molecular flexibility index (Phi) is 5.52. The monoisotopic (exact) mass is 427 g/mol. The fourth-order valence-corrected chi connectivity index (χ4v) is 3.83. The summed E-state index contributed by atoms with van der Waals surface area (Å²) in [7, 11) is -3.62. The van der Waals surface area contributed by atoms with Crippen LogP contribution in [0, 0.1) is 5.92 Å². The molecule has 1 atom stereocenters. The molecule has 0 saturated heterocycles. The predicted molar refractivity (Wildman–Crippen MR) is 98.3 cm³/mol. The molecule has 1 aromatic carbocycles. The Hall–Kier alpha value is -1.75. The normalized spacial score (nSPS) is 20.0. The van der Waals surface area contributed by atoms with Gasteiger partial charge >= 0.3 is 0 Å². The predicted octanol–water partition coefficient (Wildman–Crippen LogP) is 1.69.